The number of benzene rings is 1. The van der Waals surface area contributed by atoms with E-state index in [1.807, 2.05) is 42.3 Å². The zero-order valence-electron chi connectivity index (χ0n) is 13.2. The lowest BCUT2D eigenvalue weighted by atomic mass is 10.0. The van der Waals surface area contributed by atoms with Gasteiger partial charge in [0.2, 0.25) is 0 Å². The van der Waals surface area contributed by atoms with E-state index in [4.69, 9.17) is 0 Å². The Kier molecular flexibility index (Phi) is 3.53. The highest BCUT2D eigenvalue weighted by Gasteiger charge is 2.38. The van der Waals surface area contributed by atoms with Crippen LogP contribution in [0.2, 0.25) is 0 Å². The van der Waals surface area contributed by atoms with Crippen LogP contribution in [0.5, 0.6) is 0 Å². The topological polar surface area (TPSA) is 62.2 Å². The molecule has 6 heteroatoms. The number of amides is 2. The van der Waals surface area contributed by atoms with E-state index in [0.29, 0.717) is 11.8 Å². The second-order valence-corrected chi connectivity index (χ2v) is 6.41. The summed E-state index contributed by atoms with van der Waals surface area (Å²) in [4.78, 5) is 14.5. The van der Waals surface area contributed by atoms with Crippen molar-refractivity contribution in [3.05, 3.63) is 36.5 Å². The number of anilines is 1. The number of urea groups is 1. The molecule has 4 rings (SSSR count). The van der Waals surface area contributed by atoms with Crippen LogP contribution < -0.4 is 10.6 Å². The average Bonchev–Trinajstić information content (AvgIpc) is 3.23. The highest BCUT2D eigenvalue weighted by Crippen LogP contribution is 2.29. The van der Waals surface area contributed by atoms with Crippen LogP contribution in [-0.4, -0.2) is 46.9 Å². The first-order valence-electron chi connectivity index (χ1n) is 8.06. The summed E-state index contributed by atoms with van der Waals surface area (Å²) in [6.07, 6.45) is 1.72. The number of likely N-dealkylation sites (tertiary alicyclic amines) is 1. The molecule has 2 fully saturated rings. The van der Waals surface area contributed by atoms with E-state index in [0.717, 1.165) is 43.1 Å². The molecule has 3 heterocycles. The second-order valence-electron chi connectivity index (χ2n) is 6.41. The smallest absolute Gasteiger partial charge is 0.321 e. The number of hydrogen-bond acceptors (Lipinski definition) is 3. The first kappa shape index (κ1) is 14.3. The van der Waals surface area contributed by atoms with E-state index in [1.165, 1.54) is 0 Å². The number of carbonyl (C=O) groups excluding carboxylic acids is 1. The molecule has 0 aliphatic carbocycles. The van der Waals surface area contributed by atoms with Crippen molar-refractivity contribution in [3.63, 3.8) is 0 Å². The summed E-state index contributed by atoms with van der Waals surface area (Å²) >= 11 is 0. The minimum Gasteiger partial charge on any atom is -0.324 e. The monoisotopic (exact) mass is 311 g/mol. The third kappa shape index (κ3) is 2.59. The van der Waals surface area contributed by atoms with Crippen molar-refractivity contribution in [3.8, 4) is 11.3 Å². The van der Waals surface area contributed by atoms with Crippen LogP contribution in [0.25, 0.3) is 11.3 Å². The van der Waals surface area contributed by atoms with E-state index >= 15 is 0 Å². The lowest BCUT2D eigenvalue weighted by Gasteiger charge is -2.18. The van der Waals surface area contributed by atoms with Crippen LogP contribution >= 0.6 is 0 Å². The Morgan fingerprint density at radius 3 is 2.61 bits per heavy atom. The zero-order valence-corrected chi connectivity index (χ0v) is 13.2. The Morgan fingerprint density at radius 2 is 1.91 bits per heavy atom. The number of rotatable bonds is 2. The first-order chi connectivity index (χ1) is 11.2. The fourth-order valence-corrected chi connectivity index (χ4v) is 3.68. The van der Waals surface area contributed by atoms with Crippen molar-refractivity contribution < 1.29 is 4.79 Å². The molecule has 2 aliphatic heterocycles. The molecule has 0 saturated carbocycles. The predicted octanol–water partition coefficient (Wildman–Crippen LogP) is 1.77. The molecule has 2 N–H and O–H groups in total. The largest absolute Gasteiger partial charge is 0.324 e. The van der Waals surface area contributed by atoms with Crippen molar-refractivity contribution in [2.75, 3.05) is 31.5 Å². The molecule has 2 saturated heterocycles. The SMILES string of the molecule is Cn1ncc(NC(=O)N2C[C@H]3CNC[C@H]3C2)c1-c1ccccc1. The Bertz CT molecular complexity index is 699. The lowest BCUT2D eigenvalue weighted by molar-refractivity contribution is 0.219. The second kappa shape index (κ2) is 5.70. The summed E-state index contributed by atoms with van der Waals surface area (Å²) in [7, 11) is 1.89. The van der Waals surface area contributed by atoms with E-state index in [9.17, 15) is 4.79 Å². The van der Waals surface area contributed by atoms with Gasteiger partial charge in [0.05, 0.1) is 17.6 Å². The summed E-state index contributed by atoms with van der Waals surface area (Å²) in [6.45, 7) is 3.72. The van der Waals surface area contributed by atoms with Crippen molar-refractivity contribution >= 4 is 11.7 Å². The van der Waals surface area contributed by atoms with Crippen LogP contribution in [0, 0.1) is 11.8 Å². The Morgan fingerprint density at radius 1 is 1.22 bits per heavy atom. The molecule has 120 valence electrons. The fourth-order valence-electron chi connectivity index (χ4n) is 3.68. The molecule has 2 aliphatic rings. The molecular formula is C17H21N5O. The van der Waals surface area contributed by atoms with E-state index < -0.39 is 0 Å². The number of nitrogens with one attached hydrogen (secondary N) is 2. The van der Waals surface area contributed by atoms with Crippen LogP contribution in [0.4, 0.5) is 10.5 Å². The van der Waals surface area contributed by atoms with Gasteiger partial charge in [-0.25, -0.2) is 4.79 Å². The van der Waals surface area contributed by atoms with E-state index in [2.05, 4.69) is 15.7 Å². The van der Waals surface area contributed by atoms with Crippen molar-refractivity contribution in [2.24, 2.45) is 18.9 Å². The van der Waals surface area contributed by atoms with E-state index in [1.54, 1.807) is 10.9 Å². The minimum absolute atomic E-state index is 0.0235. The van der Waals surface area contributed by atoms with Crippen molar-refractivity contribution in [2.45, 2.75) is 0 Å². The third-order valence-corrected chi connectivity index (χ3v) is 4.90. The van der Waals surface area contributed by atoms with Gasteiger partial charge in [-0.3, -0.25) is 4.68 Å². The number of aryl methyl sites for hydroxylation is 1. The van der Waals surface area contributed by atoms with Gasteiger partial charge < -0.3 is 15.5 Å². The third-order valence-electron chi connectivity index (χ3n) is 4.90. The van der Waals surface area contributed by atoms with Gasteiger partial charge in [-0.2, -0.15) is 5.10 Å². The lowest BCUT2D eigenvalue weighted by Crippen LogP contribution is -2.35. The zero-order chi connectivity index (χ0) is 15.8. The average molecular weight is 311 g/mol. The van der Waals surface area contributed by atoms with Gasteiger partial charge in [0.15, 0.2) is 0 Å². The number of aromatic nitrogens is 2. The maximum atomic E-state index is 12.6. The molecule has 1 aromatic heterocycles. The molecule has 0 radical (unpaired) electrons. The normalized spacial score (nSPS) is 23.1. The van der Waals surface area contributed by atoms with Crippen molar-refractivity contribution in [1.82, 2.24) is 20.0 Å². The van der Waals surface area contributed by atoms with Gasteiger partial charge in [-0.05, 0) is 11.8 Å². The molecule has 23 heavy (non-hydrogen) atoms. The van der Waals surface area contributed by atoms with Gasteiger partial charge in [-0.1, -0.05) is 30.3 Å². The van der Waals surface area contributed by atoms with Crippen LogP contribution in [0.15, 0.2) is 36.5 Å². The maximum Gasteiger partial charge on any atom is 0.321 e. The molecule has 0 unspecified atom stereocenters. The maximum absolute atomic E-state index is 12.6. The molecule has 0 bridgehead atoms. The molecule has 2 aromatic rings. The van der Waals surface area contributed by atoms with Gasteiger partial charge in [0.25, 0.3) is 0 Å². The number of fused-ring (bicyclic) bond motifs is 1. The van der Waals surface area contributed by atoms with Crippen LogP contribution in [0.3, 0.4) is 0 Å². The van der Waals surface area contributed by atoms with Gasteiger partial charge in [0, 0.05) is 38.8 Å². The minimum atomic E-state index is -0.0235. The summed E-state index contributed by atoms with van der Waals surface area (Å²) < 4.78 is 1.80. The van der Waals surface area contributed by atoms with E-state index in [-0.39, 0.29) is 6.03 Å². The highest BCUT2D eigenvalue weighted by molar-refractivity contribution is 5.93. The van der Waals surface area contributed by atoms with Gasteiger partial charge in [-0.15, -0.1) is 0 Å². The summed E-state index contributed by atoms with van der Waals surface area (Å²) in [5, 5.41) is 10.7. The highest BCUT2D eigenvalue weighted by atomic mass is 16.2. The summed E-state index contributed by atoms with van der Waals surface area (Å²) in [5.41, 5.74) is 2.74. The Hall–Kier alpha value is -2.34. The first-order valence-corrected chi connectivity index (χ1v) is 8.06. The molecule has 1 aromatic carbocycles. The van der Waals surface area contributed by atoms with Crippen molar-refractivity contribution in [1.29, 1.82) is 0 Å². The van der Waals surface area contributed by atoms with Gasteiger partial charge in [0.1, 0.15) is 0 Å². The fraction of sp³-hybridized carbons (Fsp3) is 0.412. The predicted molar refractivity (Wildman–Crippen MR) is 89.1 cm³/mol. The summed E-state index contributed by atoms with van der Waals surface area (Å²) in [6, 6.07) is 9.99. The standard InChI is InChI=1S/C17H21N5O/c1-21-16(12-5-3-2-4-6-12)15(9-19-21)20-17(23)22-10-13-7-18-8-14(13)11-22/h2-6,9,13-14,18H,7-8,10-11H2,1H3,(H,20,23)/t13-,14+. The summed E-state index contributed by atoms with van der Waals surface area (Å²) in [5.74, 6) is 1.20. The molecule has 6 nitrogen and oxygen atoms in total. The Labute approximate surface area is 135 Å². The molecule has 2 amide bonds. The van der Waals surface area contributed by atoms with Crippen LogP contribution in [0.1, 0.15) is 0 Å². The molecule has 0 spiro atoms. The quantitative estimate of drug-likeness (QED) is 0.888. The number of nitrogens with zero attached hydrogens (tertiary/aromatic N) is 3. The number of carbonyl (C=O) groups is 1. The molecular weight excluding hydrogens is 290 g/mol. The molecule has 2 atom stereocenters. The number of hydrogen-bond donors (Lipinski definition) is 2. The van der Waals surface area contributed by atoms with Crippen LogP contribution in [-0.2, 0) is 7.05 Å². The Balaban J connectivity index is 1.52. The van der Waals surface area contributed by atoms with Gasteiger partial charge >= 0.3 is 6.03 Å².